The largest absolute Gasteiger partial charge is 0.303 e. The molecule has 0 aromatic carbocycles. The fourth-order valence-corrected chi connectivity index (χ4v) is 1.44. The average molecular weight is 131 g/mol. The van der Waals surface area contributed by atoms with Crippen LogP contribution in [0.25, 0.3) is 0 Å². The molecule has 1 heterocycles. The van der Waals surface area contributed by atoms with Crippen LogP contribution in [-0.4, -0.2) is 30.7 Å². The van der Waals surface area contributed by atoms with E-state index in [4.69, 9.17) is 0 Å². The molecule has 1 atom stereocenters. The van der Waals surface area contributed by atoms with E-state index in [1.54, 1.807) is 6.92 Å². The summed E-state index contributed by atoms with van der Waals surface area (Å²) in [4.78, 5) is 2.05. The zero-order chi connectivity index (χ0) is 6.91. The highest BCUT2D eigenvalue weighted by atomic mass is 19.1. The van der Waals surface area contributed by atoms with Crippen molar-refractivity contribution in [3.63, 3.8) is 0 Å². The third-order valence-electron chi connectivity index (χ3n) is 1.84. The molecule has 1 saturated heterocycles. The van der Waals surface area contributed by atoms with Gasteiger partial charge in [-0.2, -0.15) is 0 Å². The van der Waals surface area contributed by atoms with Crippen molar-refractivity contribution in [3.8, 4) is 0 Å². The van der Waals surface area contributed by atoms with E-state index in [-0.39, 0.29) is 0 Å². The van der Waals surface area contributed by atoms with Crippen molar-refractivity contribution in [3.05, 3.63) is 0 Å². The lowest BCUT2D eigenvalue weighted by molar-refractivity contribution is 0.0758. The van der Waals surface area contributed by atoms with Gasteiger partial charge in [-0.25, -0.2) is 4.39 Å². The van der Waals surface area contributed by atoms with Crippen LogP contribution in [0.15, 0.2) is 0 Å². The summed E-state index contributed by atoms with van der Waals surface area (Å²) in [6, 6.07) is 0. The van der Waals surface area contributed by atoms with Gasteiger partial charge >= 0.3 is 0 Å². The summed E-state index contributed by atoms with van der Waals surface area (Å²) in [6.45, 7) is 3.34. The van der Waals surface area contributed by atoms with Gasteiger partial charge in [-0.05, 0) is 33.4 Å². The highest BCUT2D eigenvalue weighted by Gasteiger charge is 2.28. The lowest BCUT2D eigenvalue weighted by Crippen LogP contribution is -2.40. The minimum atomic E-state index is -0.924. The predicted molar refractivity (Wildman–Crippen MR) is 36.2 cm³/mol. The SMILES string of the molecule is CN1CCC[C@](C)(F)C1. The molecule has 0 unspecified atom stereocenters. The topological polar surface area (TPSA) is 3.24 Å². The van der Waals surface area contributed by atoms with Crippen LogP contribution in [0.3, 0.4) is 0 Å². The van der Waals surface area contributed by atoms with Crippen LogP contribution in [0, 0.1) is 0 Å². The second-order valence-electron chi connectivity index (χ2n) is 3.25. The fraction of sp³-hybridized carbons (Fsp3) is 1.00. The first-order valence-electron chi connectivity index (χ1n) is 3.48. The molecule has 1 fully saturated rings. The van der Waals surface area contributed by atoms with Gasteiger partial charge in [-0.3, -0.25) is 0 Å². The van der Waals surface area contributed by atoms with E-state index >= 15 is 0 Å². The van der Waals surface area contributed by atoms with Gasteiger partial charge in [0.2, 0.25) is 0 Å². The average Bonchev–Trinajstić information content (AvgIpc) is 1.60. The molecular weight excluding hydrogens is 117 g/mol. The van der Waals surface area contributed by atoms with E-state index in [2.05, 4.69) is 0 Å². The van der Waals surface area contributed by atoms with E-state index in [0.717, 1.165) is 19.4 Å². The molecular formula is C7H14FN. The van der Waals surface area contributed by atoms with Crippen LogP contribution in [0.1, 0.15) is 19.8 Å². The molecule has 1 aliphatic heterocycles. The minimum absolute atomic E-state index is 0.604. The highest BCUT2D eigenvalue weighted by molar-refractivity contribution is 4.81. The molecule has 0 N–H and O–H groups in total. The Kier molecular flexibility index (Phi) is 1.75. The summed E-state index contributed by atoms with van der Waals surface area (Å²) in [7, 11) is 1.97. The van der Waals surface area contributed by atoms with Crippen molar-refractivity contribution >= 4 is 0 Å². The van der Waals surface area contributed by atoms with Crippen molar-refractivity contribution in [2.75, 3.05) is 20.1 Å². The van der Waals surface area contributed by atoms with Crippen molar-refractivity contribution in [1.29, 1.82) is 0 Å². The standard InChI is InChI=1S/C7H14FN/c1-7(8)4-3-5-9(2)6-7/h3-6H2,1-2H3/t7-/m0/s1. The quantitative estimate of drug-likeness (QED) is 0.481. The Morgan fingerprint density at radius 2 is 2.22 bits per heavy atom. The number of halogens is 1. The van der Waals surface area contributed by atoms with Crippen LogP contribution in [0.5, 0.6) is 0 Å². The molecule has 0 spiro atoms. The van der Waals surface area contributed by atoms with Crippen LogP contribution >= 0.6 is 0 Å². The van der Waals surface area contributed by atoms with Gasteiger partial charge < -0.3 is 4.90 Å². The summed E-state index contributed by atoms with van der Waals surface area (Å²) >= 11 is 0. The summed E-state index contributed by atoms with van der Waals surface area (Å²) < 4.78 is 13.1. The van der Waals surface area contributed by atoms with Gasteiger partial charge in [0.05, 0.1) is 0 Å². The smallest absolute Gasteiger partial charge is 0.120 e. The third kappa shape index (κ3) is 1.94. The van der Waals surface area contributed by atoms with Crippen molar-refractivity contribution in [2.24, 2.45) is 0 Å². The summed E-state index contributed by atoms with van der Waals surface area (Å²) in [5.41, 5.74) is -0.924. The van der Waals surface area contributed by atoms with Crippen LogP contribution in [0.2, 0.25) is 0 Å². The van der Waals surface area contributed by atoms with E-state index in [0.29, 0.717) is 6.54 Å². The number of likely N-dealkylation sites (tertiary alicyclic amines) is 1. The molecule has 0 amide bonds. The molecule has 0 aromatic heterocycles. The summed E-state index contributed by atoms with van der Waals surface area (Å²) in [5.74, 6) is 0. The Balaban J connectivity index is 2.41. The zero-order valence-electron chi connectivity index (χ0n) is 6.15. The van der Waals surface area contributed by atoms with Crippen LogP contribution in [0.4, 0.5) is 4.39 Å². The highest BCUT2D eigenvalue weighted by Crippen LogP contribution is 2.22. The van der Waals surface area contributed by atoms with Crippen LogP contribution in [-0.2, 0) is 0 Å². The van der Waals surface area contributed by atoms with Crippen molar-refractivity contribution in [2.45, 2.75) is 25.4 Å². The molecule has 54 valence electrons. The van der Waals surface area contributed by atoms with E-state index in [9.17, 15) is 4.39 Å². The lowest BCUT2D eigenvalue weighted by Gasteiger charge is -2.32. The first-order valence-corrected chi connectivity index (χ1v) is 3.48. The maximum Gasteiger partial charge on any atom is 0.120 e. The second-order valence-corrected chi connectivity index (χ2v) is 3.25. The summed E-state index contributed by atoms with van der Waals surface area (Å²) in [5, 5.41) is 0. The Morgan fingerprint density at radius 3 is 2.56 bits per heavy atom. The Hall–Kier alpha value is -0.110. The molecule has 0 aromatic rings. The number of piperidine rings is 1. The fourth-order valence-electron chi connectivity index (χ4n) is 1.44. The second kappa shape index (κ2) is 2.25. The van der Waals surface area contributed by atoms with Gasteiger partial charge in [-0.15, -0.1) is 0 Å². The molecule has 0 aliphatic carbocycles. The summed E-state index contributed by atoms with van der Waals surface area (Å²) in [6.07, 6.45) is 1.74. The number of rotatable bonds is 0. The molecule has 1 aliphatic rings. The molecule has 9 heavy (non-hydrogen) atoms. The van der Waals surface area contributed by atoms with E-state index in [1.165, 1.54) is 0 Å². The Morgan fingerprint density at radius 1 is 1.56 bits per heavy atom. The van der Waals surface area contributed by atoms with Crippen molar-refractivity contribution < 1.29 is 4.39 Å². The first-order chi connectivity index (χ1) is 4.10. The maximum absolute atomic E-state index is 13.1. The van der Waals surface area contributed by atoms with E-state index < -0.39 is 5.67 Å². The number of nitrogens with zero attached hydrogens (tertiary/aromatic N) is 1. The number of hydrogen-bond donors (Lipinski definition) is 0. The molecule has 0 bridgehead atoms. The maximum atomic E-state index is 13.1. The molecule has 0 saturated carbocycles. The van der Waals surface area contributed by atoms with E-state index in [1.807, 2.05) is 11.9 Å². The minimum Gasteiger partial charge on any atom is -0.303 e. The normalized spacial score (nSPS) is 39.0. The Bertz CT molecular complexity index is 101. The van der Waals surface area contributed by atoms with Gasteiger partial charge in [0.1, 0.15) is 5.67 Å². The lowest BCUT2D eigenvalue weighted by atomic mass is 9.98. The van der Waals surface area contributed by atoms with Gasteiger partial charge in [0.25, 0.3) is 0 Å². The number of alkyl halides is 1. The Labute approximate surface area is 55.8 Å². The monoisotopic (exact) mass is 131 g/mol. The molecule has 2 heteroatoms. The van der Waals surface area contributed by atoms with Gasteiger partial charge in [-0.1, -0.05) is 0 Å². The zero-order valence-corrected chi connectivity index (χ0v) is 6.15. The van der Waals surface area contributed by atoms with Crippen molar-refractivity contribution in [1.82, 2.24) is 4.90 Å². The third-order valence-corrected chi connectivity index (χ3v) is 1.84. The molecule has 0 radical (unpaired) electrons. The first kappa shape index (κ1) is 7.00. The molecule has 1 nitrogen and oxygen atoms in total. The van der Waals surface area contributed by atoms with Gasteiger partial charge in [0, 0.05) is 6.54 Å². The molecule has 1 rings (SSSR count). The van der Waals surface area contributed by atoms with Gasteiger partial charge in [0.15, 0.2) is 0 Å². The predicted octanol–water partition coefficient (Wildman–Crippen LogP) is 1.44. The number of hydrogen-bond acceptors (Lipinski definition) is 1. The van der Waals surface area contributed by atoms with Crippen LogP contribution < -0.4 is 0 Å².